The highest BCUT2D eigenvalue weighted by atomic mass is 127. The molecule has 0 spiro atoms. The first kappa shape index (κ1) is 14.4. The normalized spacial score (nSPS) is 10.3. The van der Waals surface area contributed by atoms with Gasteiger partial charge < -0.3 is 10.1 Å². The van der Waals surface area contributed by atoms with E-state index >= 15 is 0 Å². The molecule has 0 aromatic heterocycles. The molecule has 0 amide bonds. The highest BCUT2D eigenvalue weighted by Gasteiger charge is 2.08. The Hall–Kier alpha value is -1.01. The fourth-order valence-corrected chi connectivity index (χ4v) is 2.74. The summed E-state index contributed by atoms with van der Waals surface area (Å²) in [5.41, 5.74) is 1.48. The molecule has 0 atom stereocenters. The van der Waals surface area contributed by atoms with Gasteiger partial charge in [-0.15, -0.1) is 0 Å². The van der Waals surface area contributed by atoms with Crippen molar-refractivity contribution in [1.82, 2.24) is 0 Å². The molecule has 2 aromatic carbocycles. The number of methoxy groups -OCH3 is 1. The van der Waals surface area contributed by atoms with Crippen molar-refractivity contribution in [3.8, 4) is 5.75 Å². The number of ether oxygens (including phenoxy) is 1. The monoisotopic (exact) mass is 391 g/mol. The molecule has 1 N–H and O–H groups in total. The zero-order chi connectivity index (χ0) is 13.8. The predicted molar refractivity (Wildman–Crippen MR) is 84.4 cm³/mol. The number of halogens is 3. The standard InChI is InChI=1S/C14H12ClFINO/c1-19-13-4-2-3-9(14(13)16)8-18-12-6-5-10(15)7-11(12)17/h2-7,18H,8H2,1H3. The minimum atomic E-state index is -0.332. The third-order valence-corrected chi connectivity index (χ3v) is 3.79. The first-order valence-corrected chi connectivity index (χ1v) is 7.08. The zero-order valence-electron chi connectivity index (χ0n) is 10.2. The summed E-state index contributed by atoms with van der Waals surface area (Å²) in [6.45, 7) is 0.390. The smallest absolute Gasteiger partial charge is 0.170 e. The van der Waals surface area contributed by atoms with Crippen LogP contribution in [0.25, 0.3) is 0 Å². The Balaban J connectivity index is 2.14. The second-order valence-corrected chi connectivity index (χ2v) is 5.51. The van der Waals surface area contributed by atoms with Crippen LogP contribution in [0.3, 0.4) is 0 Å². The average molecular weight is 392 g/mol. The molecule has 0 saturated heterocycles. The van der Waals surface area contributed by atoms with E-state index in [1.165, 1.54) is 7.11 Å². The number of hydrogen-bond acceptors (Lipinski definition) is 2. The summed E-state index contributed by atoms with van der Waals surface area (Å²) in [5, 5.41) is 3.87. The van der Waals surface area contributed by atoms with Crippen LogP contribution >= 0.6 is 34.2 Å². The highest BCUT2D eigenvalue weighted by molar-refractivity contribution is 14.1. The van der Waals surface area contributed by atoms with E-state index in [4.69, 9.17) is 16.3 Å². The first-order valence-electron chi connectivity index (χ1n) is 5.62. The van der Waals surface area contributed by atoms with Gasteiger partial charge in [-0.05, 0) is 46.9 Å². The molecular weight excluding hydrogens is 380 g/mol. The SMILES string of the molecule is COc1cccc(CNc2ccc(Cl)cc2I)c1F. The molecule has 100 valence electrons. The quantitative estimate of drug-likeness (QED) is 0.763. The van der Waals surface area contributed by atoms with Gasteiger partial charge in [0.1, 0.15) is 0 Å². The molecule has 0 aliphatic rings. The molecular formula is C14H12ClFINO. The molecule has 0 radical (unpaired) electrons. The van der Waals surface area contributed by atoms with Gasteiger partial charge in [-0.2, -0.15) is 0 Å². The Morgan fingerprint density at radius 2 is 2.11 bits per heavy atom. The second-order valence-electron chi connectivity index (χ2n) is 3.91. The van der Waals surface area contributed by atoms with Gasteiger partial charge in [0.25, 0.3) is 0 Å². The maximum absolute atomic E-state index is 14.0. The van der Waals surface area contributed by atoms with Gasteiger partial charge in [-0.25, -0.2) is 4.39 Å². The number of anilines is 1. The van der Waals surface area contributed by atoms with Crippen molar-refractivity contribution in [1.29, 1.82) is 0 Å². The summed E-state index contributed by atoms with van der Waals surface area (Å²) in [6.07, 6.45) is 0. The zero-order valence-corrected chi connectivity index (χ0v) is 13.1. The van der Waals surface area contributed by atoms with E-state index in [0.29, 0.717) is 17.1 Å². The number of hydrogen-bond donors (Lipinski definition) is 1. The van der Waals surface area contributed by atoms with E-state index < -0.39 is 0 Å². The Morgan fingerprint density at radius 3 is 2.79 bits per heavy atom. The third-order valence-electron chi connectivity index (χ3n) is 2.66. The first-order chi connectivity index (χ1) is 9.11. The van der Waals surface area contributed by atoms with Gasteiger partial charge in [-0.3, -0.25) is 0 Å². The van der Waals surface area contributed by atoms with E-state index in [1.54, 1.807) is 24.3 Å². The van der Waals surface area contributed by atoms with Crippen molar-refractivity contribution in [3.63, 3.8) is 0 Å². The molecule has 0 unspecified atom stereocenters. The largest absolute Gasteiger partial charge is 0.494 e. The topological polar surface area (TPSA) is 21.3 Å². The fourth-order valence-electron chi connectivity index (χ4n) is 1.67. The molecule has 0 aliphatic carbocycles. The van der Waals surface area contributed by atoms with Gasteiger partial charge >= 0.3 is 0 Å². The van der Waals surface area contributed by atoms with E-state index in [-0.39, 0.29) is 11.6 Å². The minimum absolute atomic E-state index is 0.255. The molecule has 2 nitrogen and oxygen atoms in total. The summed E-state index contributed by atoms with van der Waals surface area (Å²) in [6, 6.07) is 10.6. The van der Waals surface area contributed by atoms with Crippen molar-refractivity contribution < 1.29 is 9.13 Å². The van der Waals surface area contributed by atoms with Crippen LogP contribution in [-0.2, 0) is 6.54 Å². The summed E-state index contributed by atoms with van der Waals surface area (Å²) in [4.78, 5) is 0. The van der Waals surface area contributed by atoms with Gasteiger partial charge in [-0.1, -0.05) is 23.7 Å². The number of benzene rings is 2. The average Bonchev–Trinajstić information content (AvgIpc) is 2.39. The van der Waals surface area contributed by atoms with Crippen LogP contribution in [0, 0.1) is 9.39 Å². The van der Waals surface area contributed by atoms with E-state index in [9.17, 15) is 4.39 Å². The van der Waals surface area contributed by atoms with Gasteiger partial charge in [0.05, 0.1) is 7.11 Å². The minimum Gasteiger partial charge on any atom is -0.494 e. The lowest BCUT2D eigenvalue weighted by atomic mass is 10.2. The van der Waals surface area contributed by atoms with E-state index in [2.05, 4.69) is 27.9 Å². The summed E-state index contributed by atoms with van der Waals surface area (Å²) < 4.78 is 19.9. The van der Waals surface area contributed by atoms with Crippen LogP contribution in [0.2, 0.25) is 5.02 Å². The number of nitrogens with one attached hydrogen (secondary N) is 1. The highest BCUT2D eigenvalue weighted by Crippen LogP contribution is 2.24. The van der Waals surface area contributed by atoms with Gasteiger partial charge in [0.2, 0.25) is 0 Å². The van der Waals surface area contributed by atoms with E-state index in [0.717, 1.165) is 9.26 Å². The van der Waals surface area contributed by atoms with Crippen LogP contribution < -0.4 is 10.1 Å². The Morgan fingerprint density at radius 1 is 1.32 bits per heavy atom. The molecule has 0 bridgehead atoms. The predicted octanol–water partition coefficient (Wildman–Crippen LogP) is 4.70. The lowest BCUT2D eigenvalue weighted by Crippen LogP contribution is -2.04. The molecule has 0 fully saturated rings. The molecule has 2 aromatic rings. The van der Waals surface area contributed by atoms with Crippen LogP contribution in [0.4, 0.5) is 10.1 Å². The van der Waals surface area contributed by atoms with Crippen molar-refractivity contribution in [2.45, 2.75) is 6.54 Å². The molecule has 0 heterocycles. The Bertz CT molecular complexity index is 592. The molecule has 0 aliphatic heterocycles. The lowest BCUT2D eigenvalue weighted by molar-refractivity contribution is 0.384. The van der Waals surface area contributed by atoms with Crippen molar-refractivity contribution in [2.75, 3.05) is 12.4 Å². The van der Waals surface area contributed by atoms with E-state index in [1.807, 2.05) is 12.1 Å². The van der Waals surface area contributed by atoms with Crippen molar-refractivity contribution in [2.24, 2.45) is 0 Å². The molecule has 2 rings (SSSR count). The van der Waals surface area contributed by atoms with Crippen molar-refractivity contribution >= 4 is 39.9 Å². The second kappa shape index (κ2) is 6.43. The van der Waals surface area contributed by atoms with Crippen LogP contribution in [-0.4, -0.2) is 7.11 Å². The maximum atomic E-state index is 14.0. The lowest BCUT2D eigenvalue weighted by Gasteiger charge is -2.11. The Kier molecular flexibility index (Phi) is 4.87. The van der Waals surface area contributed by atoms with Crippen LogP contribution in [0.15, 0.2) is 36.4 Å². The fraction of sp³-hybridized carbons (Fsp3) is 0.143. The maximum Gasteiger partial charge on any atom is 0.170 e. The molecule has 0 saturated carbocycles. The van der Waals surface area contributed by atoms with Crippen molar-refractivity contribution in [3.05, 3.63) is 56.4 Å². The summed E-state index contributed by atoms with van der Waals surface area (Å²) in [7, 11) is 1.46. The summed E-state index contributed by atoms with van der Waals surface area (Å²) in [5.74, 6) is -0.0772. The summed E-state index contributed by atoms with van der Waals surface area (Å²) >= 11 is 8.08. The van der Waals surface area contributed by atoms with Crippen LogP contribution in [0.5, 0.6) is 5.75 Å². The molecule has 19 heavy (non-hydrogen) atoms. The van der Waals surface area contributed by atoms with Gasteiger partial charge in [0, 0.05) is 26.4 Å². The van der Waals surface area contributed by atoms with Crippen LogP contribution in [0.1, 0.15) is 5.56 Å². The molecule has 5 heteroatoms. The number of rotatable bonds is 4. The third kappa shape index (κ3) is 3.51. The Labute approximate surface area is 130 Å². The van der Waals surface area contributed by atoms with Gasteiger partial charge in [0.15, 0.2) is 11.6 Å².